The number of piperidine rings is 1. The van der Waals surface area contributed by atoms with Crippen molar-refractivity contribution < 1.29 is 4.79 Å². The number of carbonyl (C=O) groups is 1. The van der Waals surface area contributed by atoms with E-state index in [-0.39, 0.29) is 5.92 Å². The van der Waals surface area contributed by atoms with Crippen molar-refractivity contribution in [1.29, 1.82) is 0 Å². The van der Waals surface area contributed by atoms with E-state index in [0.717, 1.165) is 44.6 Å². The second-order valence-electron chi connectivity index (χ2n) is 7.29. The Bertz CT molecular complexity index is 700. The predicted octanol–water partition coefficient (Wildman–Crippen LogP) is 3.86. The Morgan fingerprint density at radius 1 is 0.840 bits per heavy atom. The number of rotatable bonds is 4. The van der Waals surface area contributed by atoms with Gasteiger partial charge < -0.3 is 4.90 Å². The molecule has 3 heteroatoms. The molecule has 3 nitrogen and oxygen atoms in total. The van der Waals surface area contributed by atoms with Gasteiger partial charge in [-0.25, -0.2) is 0 Å². The van der Waals surface area contributed by atoms with E-state index in [1.165, 1.54) is 12.1 Å². The molecule has 0 radical (unpaired) electrons. The molecule has 0 N–H and O–H groups in total. The lowest BCUT2D eigenvalue weighted by Gasteiger charge is -2.36. The molecule has 0 amide bonds. The molecule has 2 saturated heterocycles. The second-order valence-corrected chi connectivity index (χ2v) is 7.29. The van der Waals surface area contributed by atoms with Crippen LogP contribution in [0.1, 0.15) is 29.6 Å². The van der Waals surface area contributed by atoms with E-state index in [0.29, 0.717) is 11.8 Å². The van der Waals surface area contributed by atoms with Crippen LogP contribution in [-0.2, 0) is 0 Å². The summed E-state index contributed by atoms with van der Waals surface area (Å²) in [6, 6.07) is 21.1. The quantitative estimate of drug-likeness (QED) is 0.793. The van der Waals surface area contributed by atoms with Gasteiger partial charge in [-0.15, -0.1) is 0 Å². The molecule has 0 aromatic heterocycles. The zero-order valence-corrected chi connectivity index (χ0v) is 14.7. The fourth-order valence-electron chi connectivity index (χ4n) is 4.30. The molecule has 2 atom stereocenters. The third kappa shape index (κ3) is 3.62. The Kier molecular flexibility index (Phi) is 4.84. The van der Waals surface area contributed by atoms with Crippen molar-refractivity contribution in [1.82, 2.24) is 4.90 Å². The van der Waals surface area contributed by atoms with E-state index in [2.05, 4.69) is 40.1 Å². The average Bonchev–Trinajstić information content (AvgIpc) is 3.19. The van der Waals surface area contributed by atoms with Crippen molar-refractivity contribution in [2.24, 2.45) is 5.92 Å². The van der Waals surface area contributed by atoms with Gasteiger partial charge in [0.25, 0.3) is 0 Å². The molecule has 2 heterocycles. The van der Waals surface area contributed by atoms with Crippen LogP contribution in [0, 0.1) is 5.92 Å². The molecule has 0 spiro atoms. The normalized spacial score (nSPS) is 24.4. The molecule has 2 aromatic carbocycles. The van der Waals surface area contributed by atoms with Gasteiger partial charge in [-0.2, -0.15) is 0 Å². The van der Waals surface area contributed by atoms with E-state index >= 15 is 0 Å². The highest BCUT2D eigenvalue weighted by Crippen LogP contribution is 2.27. The smallest absolute Gasteiger partial charge is 0.167 e. The van der Waals surface area contributed by atoms with Gasteiger partial charge in [0.05, 0.1) is 0 Å². The van der Waals surface area contributed by atoms with Gasteiger partial charge in [0.2, 0.25) is 0 Å². The minimum Gasteiger partial charge on any atom is -0.370 e. The molecule has 2 aliphatic rings. The van der Waals surface area contributed by atoms with Crippen LogP contribution >= 0.6 is 0 Å². The third-order valence-electron chi connectivity index (χ3n) is 5.68. The number of likely N-dealkylation sites (tertiary alicyclic amines) is 1. The number of hydrogen-bond donors (Lipinski definition) is 0. The van der Waals surface area contributed by atoms with E-state index < -0.39 is 0 Å². The molecule has 2 fully saturated rings. The topological polar surface area (TPSA) is 23.6 Å². The number of ketones is 1. The maximum Gasteiger partial charge on any atom is 0.167 e. The summed E-state index contributed by atoms with van der Waals surface area (Å²) in [5.41, 5.74) is 2.19. The van der Waals surface area contributed by atoms with Gasteiger partial charge >= 0.3 is 0 Å². The van der Waals surface area contributed by atoms with Gasteiger partial charge in [0, 0.05) is 42.8 Å². The van der Waals surface area contributed by atoms with Crippen LogP contribution in [0.15, 0.2) is 60.7 Å². The zero-order chi connectivity index (χ0) is 17.1. The molecule has 0 unspecified atom stereocenters. The number of anilines is 1. The van der Waals surface area contributed by atoms with Crippen molar-refractivity contribution in [3.63, 3.8) is 0 Å². The van der Waals surface area contributed by atoms with Gasteiger partial charge in [0.15, 0.2) is 5.78 Å². The highest BCUT2D eigenvalue weighted by Gasteiger charge is 2.33. The Morgan fingerprint density at radius 2 is 1.56 bits per heavy atom. The van der Waals surface area contributed by atoms with Crippen LogP contribution in [0.5, 0.6) is 0 Å². The summed E-state index contributed by atoms with van der Waals surface area (Å²) in [7, 11) is 0. The molecule has 4 rings (SSSR count). The summed E-state index contributed by atoms with van der Waals surface area (Å²) < 4.78 is 0. The van der Waals surface area contributed by atoms with Crippen LogP contribution in [0.2, 0.25) is 0 Å². The Balaban J connectivity index is 1.39. The van der Waals surface area contributed by atoms with Crippen molar-refractivity contribution in [2.45, 2.75) is 25.3 Å². The third-order valence-corrected chi connectivity index (χ3v) is 5.68. The predicted molar refractivity (Wildman–Crippen MR) is 102 cm³/mol. The van der Waals surface area contributed by atoms with Gasteiger partial charge in [0.1, 0.15) is 0 Å². The lowest BCUT2D eigenvalue weighted by atomic mass is 9.89. The van der Waals surface area contributed by atoms with E-state index in [1.54, 1.807) is 0 Å². The van der Waals surface area contributed by atoms with Crippen LogP contribution in [-0.4, -0.2) is 42.9 Å². The molecule has 2 aromatic rings. The van der Waals surface area contributed by atoms with Gasteiger partial charge in [-0.05, 0) is 37.9 Å². The molecule has 0 aliphatic carbocycles. The number of benzene rings is 2. The monoisotopic (exact) mass is 334 g/mol. The first-order valence-corrected chi connectivity index (χ1v) is 9.44. The number of para-hydroxylation sites is 1. The number of Topliss-reactive ketones (excluding diaryl/α,β-unsaturated/α-hetero) is 1. The molecular formula is C22H26N2O. The second kappa shape index (κ2) is 7.40. The summed E-state index contributed by atoms with van der Waals surface area (Å²) in [6.07, 6.45) is 3.35. The molecule has 130 valence electrons. The Hall–Kier alpha value is -2.13. The lowest BCUT2D eigenvalue weighted by Crippen LogP contribution is -2.45. The summed E-state index contributed by atoms with van der Waals surface area (Å²) in [5, 5.41) is 0. The highest BCUT2D eigenvalue weighted by atomic mass is 16.1. The molecule has 0 saturated carbocycles. The number of carbonyl (C=O) groups excluding carboxylic acids is 1. The molecule has 25 heavy (non-hydrogen) atoms. The zero-order valence-electron chi connectivity index (χ0n) is 14.7. The first-order chi connectivity index (χ1) is 12.3. The van der Waals surface area contributed by atoms with Crippen LogP contribution in [0.4, 0.5) is 5.69 Å². The summed E-state index contributed by atoms with van der Waals surface area (Å²) in [4.78, 5) is 17.9. The maximum atomic E-state index is 12.8. The largest absolute Gasteiger partial charge is 0.370 e. The Morgan fingerprint density at radius 3 is 2.32 bits per heavy atom. The first-order valence-electron chi connectivity index (χ1n) is 9.44. The van der Waals surface area contributed by atoms with Crippen molar-refractivity contribution >= 4 is 11.5 Å². The Labute approximate surface area is 150 Å². The summed E-state index contributed by atoms with van der Waals surface area (Å²) in [6.45, 7) is 4.24. The fraction of sp³-hybridized carbons (Fsp3) is 0.409. The fourth-order valence-corrected chi connectivity index (χ4v) is 4.30. The molecular weight excluding hydrogens is 308 g/mol. The van der Waals surface area contributed by atoms with Crippen LogP contribution in [0.3, 0.4) is 0 Å². The van der Waals surface area contributed by atoms with Crippen molar-refractivity contribution in [2.75, 3.05) is 31.1 Å². The SMILES string of the molecule is O=C(c1ccccc1)[C@@H]1CCCN([C@H]2CCN(c3ccccc3)C2)C1. The van der Waals surface area contributed by atoms with Crippen LogP contribution < -0.4 is 4.90 Å². The van der Waals surface area contributed by atoms with Gasteiger partial charge in [-0.1, -0.05) is 48.5 Å². The number of hydrogen-bond acceptors (Lipinski definition) is 3. The maximum absolute atomic E-state index is 12.8. The average molecular weight is 334 g/mol. The van der Waals surface area contributed by atoms with E-state index in [1.807, 2.05) is 30.3 Å². The van der Waals surface area contributed by atoms with E-state index in [4.69, 9.17) is 0 Å². The number of nitrogens with zero attached hydrogens (tertiary/aromatic N) is 2. The standard InChI is InChI=1S/C22H26N2O/c25-22(18-8-3-1-4-9-18)19-10-7-14-23(16-19)21-13-15-24(17-21)20-11-5-2-6-12-20/h1-6,8-9,11-12,19,21H,7,10,13-17H2/t19-,21+/m1/s1. The van der Waals surface area contributed by atoms with E-state index in [9.17, 15) is 4.79 Å². The highest BCUT2D eigenvalue weighted by molar-refractivity contribution is 5.98. The minimum absolute atomic E-state index is 0.155. The van der Waals surface area contributed by atoms with Crippen molar-refractivity contribution in [3.8, 4) is 0 Å². The van der Waals surface area contributed by atoms with Crippen molar-refractivity contribution in [3.05, 3.63) is 66.2 Å². The first kappa shape index (κ1) is 16.3. The molecule has 0 bridgehead atoms. The lowest BCUT2D eigenvalue weighted by molar-refractivity contribution is 0.0770. The minimum atomic E-state index is 0.155. The molecule has 2 aliphatic heterocycles. The summed E-state index contributed by atoms with van der Waals surface area (Å²) >= 11 is 0. The summed E-state index contributed by atoms with van der Waals surface area (Å²) in [5.74, 6) is 0.477. The van der Waals surface area contributed by atoms with Crippen LogP contribution in [0.25, 0.3) is 0 Å². The van der Waals surface area contributed by atoms with Gasteiger partial charge in [-0.3, -0.25) is 9.69 Å².